The van der Waals surface area contributed by atoms with Gasteiger partial charge in [0.1, 0.15) is 6.61 Å². The van der Waals surface area contributed by atoms with E-state index in [1.807, 2.05) is 0 Å². The number of nitrogens with one attached hydrogen (secondary N) is 1. The predicted molar refractivity (Wildman–Crippen MR) is 80.9 cm³/mol. The Kier molecular flexibility index (Phi) is 5.40. The van der Waals surface area contributed by atoms with Gasteiger partial charge in [-0.25, -0.2) is 0 Å². The molecule has 1 aromatic rings. The van der Waals surface area contributed by atoms with Crippen molar-refractivity contribution in [1.82, 2.24) is 0 Å². The summed E-state index contributed by atoms with van der Waals surface area (Å²) in [5, 5.41) is 3.40. The lowest BCUT2D eigenvalue weighted by Gasteiger charge is -2.32. The van der Waals surface area contributed by atoms with Crippen LogP contribution in [0.5, 0.6) is 0 Å². The quantitative estimate of drug-likeness (QED) is 0.878. The highest BCUT2D eigenvalue weighted by molar-refractivity contribution is 6.30. The number of carbonyl (C=O) groups is 1. The van der Waals surface area contributed by atoms with Crippen LogP contribution in [0.2, 0.25) is 5.02 Å². The third kappa shape index (κ3) is 4.78. The topological polar surface area (TPSA) is 64.3 Å². The molecule has 1 aromatic carbocycles. The van der Waals surface area contributed by atoms with Crippen LogP contribution in [0.15, 0.2) is 24.3 Å². The number of nitrogens with two attached hydrogens (primary N) is 1. The van der Waals surface area contributed by atoms with E-state index in [1.54, 1.807) is 24.3 Å². The molecule has 1 aliphatic rings. The Morgan fingerprint density at radius 2 is 1.90 bits per heavy atom. The van der Waals surface area contributed by atoms with Gasteiger partial charge in [-0.2, -0.15) is 0 Å². The van der Waals surface area contributed by atoms with Crippen LogP contribution in [0.1, 0.15) is 32.1 Å². The van der Waals surface area contributed by atoms with Crippen molar-refractivity contribution >= 4 is 23.2 Å². The largest absolute Gasteiger partial charge is 0.370 e. The maximum atomic E-state index is 11.7. The second kappa shape index (κ2) is 7.07. The molecule has 2 rings (SSSR count). The van der Waals surface area contributed by atoms with E-state index < -0.39 is 0 Å². The highest BCUT2D eigenvalue weighted by Crippen LogP contribution is 2.25. The highest BCUT2D eigenvalue weighted by Gasteiger charge is 2.27. The summed E-state index contributed by atoms with van der Waals surface area (Å²) in [6, 6.07) is 6.97. The summed E-state index contributed by atoms with van der Waals surface area (Å²) in [4.78, 5) is 11.7. The maximum absolute atomic E-state index is 11.7. The van der Waals surface area contributed by atoms with Crippen LogP contribution in [-0.4, -0.2) is 24.7 Å². The number of carbonyl (C=O) groups excluding carboxylic acids is 1. The fraction of sp³-hybridized carbons (Fsp3) is 0.533. The second-order valence-electron chi connectivity index (χ2n) is 5.47. The summed E-state index contributed by atoms with van der Waals surface area (Å²) in [7, 11) is 0. The van der Waals surface area contributed by atoms with Gasteiger partial charge in [-0.3, -0.25) is 4.79 Å². The van der Waals surface area contributed by atoms with Gasteiger partial charge in [0, 0.05) is 16.2 Å². The smallest absolute Gasteiger partial charge is 0.250 e. The summed E-state index contributed by atoms with van der Waals surface area (Å²) >= 11 is 5.78. The number of benzene rings is 1. The first-order valence-electron chi connectivity index (χ1n) is 6.99. The van der Waals surface area contributed by atoms with Gasteiger partial charge in [-0.05, 0) is 37.1 Å². The average molecular weight is 297 g/mol. The lowest BCUT2D eigenvalue weighted by molar-refractivity contribution is -0.121. The van der Waals surface area contributed by atoms with E-state index in [0.29, 0.717) is 17.3 Å². The molecule has 1 amide bonds. The number of anilines is 1. The Balaban J connectivity index is 1.71. The van der Waals surface area contributed by atoms with E-state index in [-0.39, 0.29) is 18.1 Å². The van der Waals surface area contributed by atoms with Gasteiger partial charge in [-0.1, -0.05) is 30.9 Å². The number of hydrogen-bond donors (Lipinski definition) is 2. The first-order chi connectivity index (χ1) is 9.57. The van der Waals surface area contributed by atoms with Crippen molar-refractivity contribution < 1.29 is 9.53 Å². The van der Waals surface area contributed by atoms with E-state index in [9.17, 15) is 4.79 Å². The fourth-order valence-electron chi connectivity index (χ4n) is 2.48. The maximum Gasteiger partial charge on any atom is 0.250 e. The molecule has 0 unspecified atom stereocenters. The Hall–Kier alpha value is -1.10. The Morgan fingerprint density at radius 1 is 1.25 bits per heavy atom. The molecule has 1 aliphatic carbocycles. The normalized spacial score (nSPS) is 17.7. The molecule has 0 spiro atoms. The van der Waals surface area contributed by atoms with Crippen molar-refractivity contribution in [3.8, 4) is 0 Å². The third-order valence-electron chi connectivity index (χ3n) is 3.60. The van der Waals surface area contributed by atoms with Gasteiger partial charge in [0.2, 0.25) is 5.91 Å². The van der Waals surface area contributed by atoms with Gasteiger partial charge >= 0.3 is 0 Å². The van der Waals surface area contributed by atoms with Gasteiger partial charge in [-0.15, -0.1) is 0 Å². The third-order valence-corrected chi connectivity index (χ3v) is 3.85. The number of ether oxygens (including phenoxy) is 1. The predicted octanol–water partition coefficient (Wildman–Crippen LogP) is 2.96. The molecule has 0 bridgehead atoms. The second-order valence-corrected chi connectivity index (χ2v) is 5.91. The summed E-state index contributed by atoms with van der Waals surface area (Å²) in [5.74, 6) is -0.174. The lowest BCUT2D eigenvalue weighted by Crippen LogP contribution is -2.46. The van der Waals surface area contributed by atoms with Gasteiger partial charge < -0.3 is 15.8 Å². The van der Waals surface area contributed by atoms with E-state index in [0.717, 1.165) is 25.7 Å². The molecule has 20 heavy (non-hydrogen) atoms. The molecule has 5 heteroatoms. The standard InChI is InChI=1S/C15H21ClN2O2/c16-12-4-6-13(7-5-12)18-14(19)10-20-11-15(17)8-2-1-3-9-15/h4-7H,1-3,8-11,17H2,(H,18,19). The minimum atomic E-state index is -0.251. The molecule has 3 N–H and O–H groups in total. The Labute approximate surface area is 124 Å². The number of amides is 1. The van der Waals surface area contributed by atoms with E-state index >= 15 is 0 Å². The first-order valence-corrected chi connectivity index (χ1v) is 7.37. The average Bonchev–Trinajstić information content (AvgIpc) is 2.42. The van der Waals surface area contributed by atoms with Gasteiger partial charge in [0.15, 0.2) is 0 Å². The number of halogens is 1. The molecule has 0 saturated heterocycles. The van der Waals surface area contributed by atoms with Crippen molar-refractivity contribution in [2.24, 2.45) is 5.73 Å². The zero-order valence-corrected chi connectivity index (χ0v) is 12.3. The van der Waals surface area contributed by atoms with Crippen LogP contribution in [0.25, 0.3) is 0 Å². The van der Waals surface area contributed by atoms with Crippen molar-refractivity contribution in [1.29, 1.82) is 0 Å². The van der Waals surface area contributed by atoms with Crippen molar-refractivity contribution in [2.75, 3.05) is 18.5 Å². The van der Waals surface area contributed by atoms with E-state index in [4.69, 9.17) is 22.1 Å². The minimum absolute atomic E-state index is 0.0293. The summed E-state index contributed by atoms with van der Waals surface area (Å²) in [5.41, 5.74) is 6.70. The zero-order chi connectivity index (χ0) is 14.4. The highest BCUT2D eigenvalue weighted by atomic mass is 35.5. The molecule has 0 radical (unpaired) electrons. The first kappa shape index (κ1) is 15.3. The molecule has 0 atom stereocenters. The van der Waals surface area contributed by atoms with Crippen LogP contribution < -0.4 is 11.1 Å². The van der Waals surface area contributed by atoms with Crippen LogP contribution in [0.4, 0.5) is 5.69 Å². The Bertz CT molecular complexity index is 442. The van der Waals surface area contributed by atoms with Crippen molar-refractivity contribution in [3.63, 3.8) is 0 Å². The number of rotatable bonds is 5. The monoisotopic (exact) mass is 296 g/mol. The van der Waals surface area contributed by atoms with Crippen molar-refractivity contribution in [3.05, 3.63) is 29.3 Å². The summed E-state index contributed by atoms with van der Waals surface area (Å²) < 4.78 is 5.47. The molecule has 4 nitrogen and oxygen atoms in total. The minimum Gasteiger partial charge on any atom is -0.370 e. The molecule has 1 saturated carbocycles. The Morgan fingerprint density at radius 3 is 2.55 bits per heavy atom. The van der Waals surface area contributed by atoms with Crippen molar-refractivity contribution in [2.45, 2.75) is 37.6 Å². The SMILES string of the molecule is NC1(COCC(=O)Nc2ccc(Cl)cc2)CCCCC1. The van der Waals surface area contributed by atoms with Crippen LogP contribution >= 0.6 is 11.6 Å². The molecule has 0 heterocycles. The van der Waals surface area contributed by atoms with Crippen LogP contribution in [0.3, 0.4) is 0 Å². The lowest BCUT2D eigenvalue weighted by atomic mass is 9.83. The van der Waals surface area contributed by atoms with Gasteiger partial charge in [0.05, 0.1) is 6.61 Å². The molecule has 110 valence electrons. The fourth-order valence-corrected chi connectivity index (χ4v) is 2.60. The molecule has 0 aromatic heterocycles. The number of hydrogen-bond acceptors (Lipinski definition) is 3. The molecular weight excluding hydrogens is 276 g/mol. The summed E-state index contributed by atoms with van der Waals surface area (Å²) in [6.45, 7) is 0.475. The van der Waals surface area contributed by atoms with Gasteiger partial charge in [0.25, 0.3) is 0 Å². The molecular formula is C15H21ClN2O2. The van der Waals surface area contributed by atoms with Crippen LogP contribution in [-0.2, 0) is 9.53 Å². The zero-order valence-electron chi connectivity index (χ0n) is 11.5. The molecule has 1 fully saturated rings. The summed E-state index contributed by atoms with van der Waals surface area (Å²) in [6.07, 6.45) is 5.50. The van der Waals surface area contributed by atoms with Crippen LogP contribution in [0, 0.1) is 0 Å². The van der Waals surface area contributed by atoms with E-state index in [1.165, 1.54) is 6.42 Å². The van der Waals surface area contributed by atoms with E-state index in [2.05, 4.69) is 5.32 Å². The molecule has 0 aliphatic heterocycles.